The van der Waals surface area contributed by atoms with Crippen LogP contribution in [0.3, 0.4) is 0 Å². The first-order valence-electron chi connectivity index (χ1n) is 8.14. The molecule has 2 fully saturated rings. The van der Waals surface area contributed by atoms with Crippen molar-refractivity contribution in [2.45, 2.75) is 31.7 Å². The van der Waals surface area contributed by atoms with Crippen molar-refractivity contribution in [1.82, 2.24) is 10.6 Å². The number of piperidine rings is 2. The number of anilines is 1. The number of carbonyl (C=O) groups excluding carboxylic acids is 1. The molecule has 2 N–H and O–H groups in total. The minimum atomic E-state index is 0. The average molecular weight is 360 g/mol. The molecule has 0 radical (unpaired) electrons. The van der Waals surface area contributed by atoms with Crippen LogP contribution >= 0.6 is 24.8 Å². The fourth-order valence-electron chi connectivity index (χ4n) is 3.32. The van der Waals surface area contributed by atoms with Crippen LogP contribution < -0.4 is 15.5 Å². The molecule has 1 aromatic carbocycles. The van der Waals surface area contributed by atoms with Gasteiger partial charge in [0, 0.05) is 31.4 Å². The molecule has 0 aliphatic carbocycles. The topological polar surface area (TPSA) is 44.4 Å². The normalized spacial score (nSPS) is 21.7. The van der Waals surface area contributed by atoms with Gasteiger partial charge in [0.15, 0.2) is 0 Å². The number of carbonyl (C=O) groups is 1. The molecule has 1 aromatic rings. The molecule has 2 heterocycles. The molecule has 4 nitrogen and oxygen atoms in total. The van der Waals surface area contributed by atoms with E-state index in [1.54, 1.807) is 0 Å². The molecule has 1 atom stereocenters. The molecule has 0 aromatic heterocycles. The van der Waals surface area contributed by atoms with Crippen LogP contribution in [0, 0.1) is 5.92 Å². The number of nitrogens with zero attached hydrogens (tertiary/aromatic N) is 1. The molecule has 2 aliphatic rings. The van der Waals surface area contributed by atoms with Gasteiger partial charge in [-0.1, -0.05) is 18.2 Å². The fourth-order valence-corrected chi connectivity index (χ4v) is 3.32. The number of hydrogen-bond donors (Lipinski definition) is 2. The summed E-state index contributed by atoms with van der Waals surface area (Å²) in [5.74, 6) is 0.422. The van der Waals surface area contributed by atoms with Crippen molar-refractivity contribution in [2.24, 2.45) is 5.92 Å². The van der Waals surface area contributed by atoms with Crippen LogP contribution in [0.25, 0.3) is 0 Å². The van der Waals surface area contributed by atoms with E-state index < -0.39 is 0 Å². The standard InChI is InChI=1S/C17H25N3O.2ClH/c21-17(14-5-4-10-18-13-14)19-15-8-11-20(12-9-15)16-6-2-1-3-7-16;;/h1-3,6-7,14-15,18H,4-5,8-13H2,(H,19,21);2*1H. The number of nitrogens with one attached hydrogen (secondary N) is 2. The molecule has 1 unspecified atom stereocenters. The maximum absolute atomic E-state index is 12.3. The zero-order valence-electron chi connectivity index (χ0n) is 13.4. The Bertz CT molecular complexity index is 458. The van der Waals surface area contributed by atoms with Gasteiger partial charge in [-0.3, -0.25) is 4.79 Å². The van der Waals surface area contributed by atoms with Crippen molar-refractivity contribution in [2.75, 3.05) is 31.1 Å². The van der Waals surface area contributed by atoms with Crippen molar-refractivity contribution in [1.29, 1.82) is 0 Å². The van der Waals surface area contributed by atoms with Crippen LogP contribution in [0.15, 0.2) is 30.3 Å². The van der Waals surface area contributed by atoms with Crippen LogP contribution in [0.1, 0.15) is 25.7 Å². The monoisotopic (exact) mass is 359 g/mol. The molecule has 23 heavy (non-hydrogen) atoms. The van der Waals surface area contributed by atoms with Gasteiger partial charge in [-0.15, -0.1) is 24.8 Å². The summed E-state index contributed by atoms with van der Waals surface area (Å²) in [4.78, 5) is 14.7. The lowest BCUT2D eigenvalue weighted by Crippen LogP contribution is -2.48. The molecule has 0 spiro atoms. The highest BCUT2D eigenvalue weighted by molar-refractivity contribution is 5.85. The Labute approximate surface area is 151 Å². The van der Waals surface area contributed by atoms with E-state index in [4.69, 9.17) is 0 Å². The highest BCUT2D eigenvalue weighted by Crippen LogP contribution is 2.20. The second-order valence-corrected chi connectivity index (χ2v) is 6.15. The average Bonchev–Trinajstić information content (AvgIpc) is 2.57. The Morgan fingerprint density at radius 3 is 2.39 bits per heavy atom. The molecule has 0 saturated carbocycles. The van der Waals surface area contributed by atoms with E-state index in [1.165, 1.54) is 5.69 Å². The first-order chi connectivity index (χ1) is 10.3. The largest absolute Gasteiger partial charge is 0.371 e. The van der Waals surface area contributed by atoms with Gasteiger partial charge in [0.25, 0.3) is 0 Å². The predicted molar refractivity (Wildman–Crippen MR) is 99.9 cm³/mol. The number of benzene rings is 1. The lowest BCUT2D eigenvalue weighted by Gasteiger charge is -2.35. The number of halogens is 2. The summed E-state index contributed by atoms with van der Waals surface area (Å²) in [6.07, 6.45) is 4.23. The Kier molecular flexibility index (Phi) is 8.74. The maximum atomic E-state index is 12.3. The lowest BCUT2D eigenvalue weighted by molar-refractivity contribution is -0.126. The quantitative estimate of drug-likeness (QED) is 0.871. The van der Waals surface area contributed by atoms with Crippen LogP contribution in [0.5, 0.6) is 0 Å². The predicted octanol–water partition coefficient (Wildman–Crippen LogP) is 2.61. The minimum Gasteiger partial charge on any atom is -0.371 e. The third-order valence-electron chi connectivity index (χ3n) is 4.63. The molecule has 1 amide bonds. The Hall–Kier alpha value is -0.970. The molecule has 6 heteroatoms. The van der Waals surface area contributed by atoms with E-state index in [0.717, 1.165) is 51.9 Å². The van der Waals surface area contributed by atoms with Crippen molar-refractivity contribution >= 4 is 36.4 Å². The number of rotatable bonds is 3. The van der Waals surface area contributed by atoms with E-state index in [-0.39, 0.29) is 36.6 Å². The van der Waals surface area contributed by atoms with E-state index >= 15 is 0 Å². The minimum absolute atomic E-state index is 0. The van der Waals surface area contributed by atoms with E-state index in [1.807, 2.05) is 0 Å². The van der Waals surface area contributed by atoms with Gasteiger partial charge in [0.2, 0.25) is 5.91 Å². The summed E-state index contributed by atoms with van der Waals surface area (Å²) in [6, 6.07) is 10.9. The van der Waals surface area contributed by atoms with Crippen molar-refractivity contribution in [3.8, 4) is 0 Å². The lowest BCUT2D eigenvalue weighted by atomic mass is 9.97. The summed E-state index contributed by atoms with van der Waals surface area (Å²) in [5.41, 5.74) is 1.29. The van der Waals surface area contributed by atoms with Gasteiger partial charge in [-0.25, -0.2) is 0 Å². The van der Waals surface area contributed by atoms with Gasteiger partial charge in [0.1, 0.15) is 0 Å². The van der Waals surface area contributed by atoms with Crippen LogP contribution in [-0.2, 0) is 4.79 Å². The molecule has 2 aliphatic heterocycles. The van der Waals surface area contributed by atoms with Gasteiger partial charge < -0.3 is 15.5 Å². The Morgan fingerprint density at radius 1 is 1.09 bits per heavy atom. The number of amides is 1. The highest BCUT2D eigenvalue weighted by atomic mass is 35.5. The third-order valence-corrected chi connectivity index (χ3v) is 4.63. The van der Waals surface area contributed by atoms with Crippen molar-refractivity contribution in [3.63, 3.8) is 0 Å². The first-order valence-corrected chi connectivity index (χ1v) is 8.14. The first kappa shape index (κ1) is 20.1. The van der Waals surface area contributed by atoms with Crippen molar-refractivity contribution in [3.05, 3.63) is 30.3 Å². The Balaban J connectivity index is 0.00000132. The summed E-state index contributed by atoms with van der Waals surface area (Å²) in [5, 5.41) is 6.57. The van der Waals surface area contributed by atoms with Crippen LogP contribution in [0.4, 0.5) is 5.69 Å². The van der Waals surface area contributed by atoms with Gasteiger partial charge in [-0.05, 0) is 44.4 Å². The van der Waals surface area contributed by atoms with E-state index in [9.17, 15) is 4.79 Å². The maximum Gasteiger partial charge on any atom is 0.224 e. The highest BCUT2D eigenvalue weighted by Gasteiger charge is 2.25. The fraction of sp³-hybridized carbons (Fsp3) is 0.588. The van der Waals surface area contributed by atoms with Gasteiger partial charge in [0.05, 0.1) is 5.92 Å². The molecule has 0 bridgehead atoms. The van der Waals surface area contributed by atoms with E-state index in [2.05, 4.69) is 45.9 Å². The smallest absolute Gasteiger partial charge is 0.224 e. The zero-order chi connectivity index (χ0) is 14.5. The second-order valence-electron chi connectivity index (χ2n) is 6.15. The SMILES string of the molecule is Cl.Cl.O=C(NC1CCN(c2ccccc2)CC1)C1CCCNC1. The zero-order valence-corrected chi connectivity index (χ0v) is 15.0. The van der Waals surface area contributed by atoms with Gasteiger partial charge in [-0.2, -0.15) is 0 Å². The van der Waals surface area contributed by atoms with Crippen LogP contribution in [0.2, 0.25) is 0 Å². The van der Waals surface area contributed by atoms with Gasteiger partial charge >= 0.3 is 0 Å². The molecule has 3 rings (SSSR count). The van der Waals surface area contributed by atoms with E-state index in [0.29, 0.717) is 6.04 Å². The molecule has 130 valence electrons. The summed E-state index contributed by atoms with van der Waals surface area (Å²) >= 11 is 0. The number of para-hydroxylation sites is 1. The third kappa shape index (κ3) is 5.55. The second kappa shape index (κ2) is 10.0. The Morgan fingerprint density at radius 2 is 1.78 bits per heavy atom. The molecule has 2 saturated heterocycles. The summed E-state index contributed by atoms with van der Waals surface area (Å²) in [7, 11) is 0. The van der Waals surface area contributed by atoms with Crippen molar-refractivity contribution < 1.29 is 4.79 Å². The molecular weight excluding hydrogens is 333 g/mol. The molecular formula is C17H27Cl2N3O. The van der Waals surface area contributed by atoms with Crippen LogP contribution in [-0.4, -0.2) is 38.1 Å². The number of hydrogen-bond acceptors (Lipinski definition) is 3. The summed E-state index contributed by atoms with van der Waals surface area (Å²) < 4.78 is 0. The summed E-state index contributed by atoms with van der Waals surface area (Å²) in [6.45, 7) is 3.95.